The van der Waals surface area contributed by atoms with Crippen LogP contribution in [0.5, 0.6) is 0 Å². The van der Waals surface area contributed by atoms with Crippen molar-refractivity contribution in [1.29, 1.82) is 0 Å². The maximum Gasteiger partial charge on any atom is 0.320 e. The Labute approximate surface area is 147 Å². The molecule has 7 heteroatoms. The number of halogens is 1. The molecule has 120 valence electrons. The van der Waals surface area contributed by atoms with Gasteiger partial charge in [-0.3, -0.25) is 9.59 Å². The molecule has 1 heterocycles. The average Bonchev–Trinajstić information content (AvgIpc) is 2.53. The Morgan fingerprint density at radius 1 is 1.50 bits per heavy atom. The molecule has 0 bridgehead atoms. The highest BCUT2D eigenvalue weighted by Crippen LogP contribution is 2.26. The number of hydrogen-bond donors (Lipinski definition) is 0. The first-order chi connectivity index (χ1) is 10.5. The van der Waals surface area contributed by atoms with Crippen molar-refractivity contribution < 1.29 is 14.3 Å². The van der Waals surface area contributed by atoms with Crippen molar-refractivity contribution in [3.05, 3.63) is 28.2 Å². The lowest BCUT2D eigenvalue weighted by atomic mass is 10.2. The number of nitrogens with zero attached hydrogens (tertiary/aromatic N) is 1. The van der Waals surface area contributed by atoms with E-state index in [1.807, 2.05) is 25.1 Å². The van der Waals surface area contributed by atoms with Crippen LogP contribution < -0.4 is 0 Å². The number of carbonyl (C=O) groups excluding carboxylic acids is 2. The first-order valence-corrected chi connectivity index (χ1v) is 9.70. The van der Waals surface area contributed by atoms with Crippen molar-refractivity contribution in [2.24, 2.45) is 0 Å². The van der Waals surface area contributed by atoms with Gasteiger partial charge in [0.1, 0.15) is 5.25 Å². The monoisotopic (exact) mass is 403 g/mol. The van der Waals surface area contributed by atoms with Gasteiger partial charge in [-0.25, -0.2) is 0 Å². The Hall–Kier alpha value is -0.660. The van der Waals surface area contributed by atoms with E-state index in [1.165, 1.54) is 18.9 Å². The third-order valence-electron chi connectivity index (χ3n) is 3.37. The summed E-state index contributed by atoms with van der Waals surface area (Å²) in [7, 11) is 1.38. The highest BCUT2D eigenvalue weighted by atomic mass is 79.9. The van der Waals surface area contributed by atoms with Crippen LogP contribution in [0.15, 0.2) is 27.6 Å². The standard InChI is InChI=1S/C15H18BrNO3S2/c1-10-7-11(16)3-4-12(10)22-9-14(18)17-5-6-21-13(8-17)15(19)20-2/h3-4,7,13H,5-6,8-9H2,1-2H3/t13-/m0/s1. The number of carbonyl (C=O) groups is 2. The van der Waals surface area contributed by atoms with Gasteiger partial charge in [-0.15, -0.1) is 23.5 Å². The molecule has 0 aliphatic carbocycles. The van der Waals surface area contributed by atoms with Gasteiger partial charge >= 0.3 is 5.97 Å². The zero-order valence-electron chi connectivity index (χ0n) is 12.5. The highest BCUT2D eigenvalue weighted by Gasteiger charge is 2.29. The van der Waals surface area contributed by atoms with Gasteiger partial charge in [0, 0.05) is 28.2 Å². The largest absolute Gasteiger partial charge is 0.468 e. The third kappa shape index (κ3) is 4.67. The molecule has 1 amide bonds. The number of hydrogen-bond acceptors (Lipinski definition) is 5. The number of ether oxygens (including phenoxy) is 1. The van der Waals surface area contributed by atoms with Gasteiger partial charge in [-0.2, -0.15) is 0 Å². The minimum Gasteiger partial charge on any atom is -0.468 e. The van der Waals surface area contributed by atoms with Crippen molar-refractivity contribution in [2.75, 3.05) is 31.7 Å². The lowest BCUT2D eigenvalue weighted by molar-refractivity contribution is -0.141. The third-order valence-corrected chi connectivity index (χ3v) is 6.19. The number of thioether (sulfide) groups is 2. The predicted octanol–water partition coefficient (Wildman–Crippen LogP) is 2.97. The summed E-state index contributed by atoms with van der Waals surface area (Å²) in [6, 6.07) is 6.03. The molecule has 1 atom stereocenters. The second-order valence-corrected chi connectivity index (χ2v) is 8.16. The summed E-state index contributed by atoms with van der Waals surface area (Å²) in [6.45, 7) is 3.16. The Morgan fingerprint density at radius 2 is 2.27 bits per heavy atom. The zero-order valence-corrected chi connectivity index (χ0v) is 15.7. The van der Waals surface area contributed by atoms with Crippen LogP contribution in [0.2, 0.25) is 0 Å². The number of amides is 1. The summed E-state index contributed by atoms with van der Waals surface area (Å²) in [5, 5.41) is -0.262. The first kappa shape index (κ1) is 17.7. The molecule has 0 N–H and O–H groups in total. The molecule has 1 fully saturated rings. The van der Waals surface area contributed by atoms with Crippen molar-refractivity contribution in [2.45, 2.75) is 17.1 Å². The van der Waals surface area contributed by atoms with E-state index in [1.54, 1.807) is 16.7 Å². The summed E-state index contributed by atoms with van der Waals surface area (Å²) in [5.74, 6) is 0.981. The van der Waals surface area contributed by atoms with E-state index in [0.29, 0.717) is 18.8 Å². The Bertz CT molecular complexity index is 568. The smallest absolute Gasteiger partial charge is 0.320 e. The summed E-state index contributed by atoms with van der Waals surface area (Å²) in [4.78, 5) is 26.8. The van der Waals surface area contributed by atoms with Gasteiger partial charge in [0.25, 0.3) is 0 Å². The molecule has 1 aliphatic rings. The van der Waals surface area contributed by atoms with Crippen molar-refractivity contribution >= 4 is 51.3 Å². The number of benzene rings is 1. The molecular formula is C15H18BrNO3S2. The minimum absolute atomic E-state index is 0.0709. The molecule has 0 aromatic heterocycles. The molecule has 0 unspecified atom stereocenters. The van der Waals surface area contributed by atoms with Crippen molar-refractivity contribution in [3.63, 3.8) is 0 Å². The molecular weight excluding hydrogens is 386 g/mol. The molecule has 1 aliphatic heterocycles. The van der Waals surface area contributed by atoms with Gasteiger partial charge in [0.15, 0.2) is 0 Å². The summed E-state index contributed by atoms with van der Waals surface area (Å²) >= 11 is 6.53. The molecule has 0 saturated carbocycles. The van der Waals surface area contributed by atoms with Crippen LogP contribution >= 0.6 is 39.5 Å². The van der Waals surface area contributed by atoms with Crippen molar-refractivity contribution in [3.8, 4) is 0 Å². The van der Waals surface area contributed by atoms with Crippen LogP contribution in [0.4, 0.5) is 0 Å². The SMILES string of the molecule is COC(=O)[C@@H]1CN(C(=O)CSc2ccc(Br)cc2C)CCS1. The van der Waals surface area contributed by atoms with E-state index in [0.717, 1.165) is 20.7 Å². The van der Waals surface area contributed by atoms with E-state index in [-0.39, 0.29) is 17.1 Å². The number of aryl methyl sites for hydroxylation is 1. The maximum absolute atomic E-state index is 12.3. The molecule has 0 radical (unpaired) electrons. The van der Waals surface area contributed by atoms with Crippen LogP contribution in [0.1, 0.15) is 5.56 Å². The lowest BCUT2D eigenvalue weighted by Crippen LogP contribution is -2.45. The maximum atomic E-state index is 12.3. The zero-order chi connectivity index (χ0) is 16.1. The minimum atomic E-state index is -0.262. The molecule has 1 saturated heterocycles. The normalized spacial score (nSPS) is 18.1. The van der Waals surface area contributed by atoms with Gasteiger partial charge < -0.3 is 9.64 Å². The predicted molar refractivity (Wildman–Crippen MR) is 94.4 cm³/mol. The lowest BCUT2D eigenvalue weighted by Gasteiger charge is -2.31. The van der Waals surface area contributed by atoms with E-state index >= 15 is 0 Å². The van der Waals surface area contributed by atoms with E-state index in [4.69, 9.17) is 4.74 Å². The van der Waals surface area contributed by atoms with E-state index < -0.39 is 0 Å². The van der Waals surface area contributed by atoms with Crippen molar-refractivity contribution in [1.82, 2.24) is 4.90 Å². The molecule has 0 spiro atoms. The fourth-order valence-electron chi connectivity index (χ4n) is 2.16. The van der Waals surface area contributed by atoms with Gasteiger partial charge in [-0.05, 0) is 30.7 Å². The first-order valence-electron chi connectivity index (χ1n) is 6.87. The summed E-state index contributed by atoms with van der Waals surface area (Å²) < 4.78 is 5.80. The van der Waals surface area contributed by atoms with Crippen LogP contribution in [0.3, 0.4) is 0 Å². The highest BCUT2D eigenvalue weighted by molar-refractivity contribution is 9.10. The Morgan fingerprint density at radius 3 is 2.95 bits per heavy atom. The van der Waals surface area contributed by atoms with Gasteiger partial charge in [0.2, 0.25) is 5.91 Å². The van der Waals surface area contributed by atoms with Crippen LogP contribution in [0, 0.1) is 6.92 Å². The fraction of sp³-hybridized carbons (Fsp3) is 0.467. The molecule has 1 aromatic rings. The number of esters is 1. The number of methoxy groups -OCH3 is 1. The fourth-order valence-corrected chi connectivity index (χ4v) is 4.67. The summed E-state index contributed by atoms with van der Waals surface area (Å²) in [6.07, 6.45) is 0. The van der Waals surface area contributed by atoms with Crippen LogP contribution in [0.25, 0.3) is 0 Å². The quantitative estimate of drug-likeness (QED) is 0.571. The average molecular weight is 404 g/mol. The van der Waals surface area contributed by atoms with Crippen LogP contribution in [-0.2, 0) is 14.3 Å². The van der Waals surface area contributed by atoms with E-state index in [9.17, 15) is 9.59 Å². The van der Waals surface area contributed by atoms with Gasteiger partial charge in [0.05, 0.1) is 12.9 Å². The molecule has 4 nitrogen and oxygen atoms in total. The van der Waals surface area contributed by atoms with E-state index in [2.05, 4.69) is 15.9 Å². The Kier molecular flexibility index (Phi) is 6.65. The van der Waals surface area contributed by atoms with Crippen LogP contribution in [-0.4, -0.2) is 53.7 Å². The topological polar surface area (TPSA) is 46.6 Å². The molecule has 1 aromatic carbocycles. The molecule has 22 heavy (non-hydrogen) atoms. The summed E-state index contributed by atoms with van der Waals surface area (Å²) in [5.41, 5.74) is 1.15. The Balaban J connectivity index is 1.90. The molecule has 2 rings (SSSR count). The van der Waals surface area contributed by atoms with Gasteiger partial charge in [-0.1, -0.05) is 15.9 Å². The second kappa shape index (κ2) is 8.26. The number of rotatable bonds is 4. The second-order valence-electron chi connectivity index (χ2n) is 4.92.